The lowest BCUT2D eigenvalue weighted by molar-refractivity contribution is -0.140. The van der Waals surface area contributed by atoms with Crippen molar-refractivity contribution < 1.29 is 24.6 Å². The van der Waals surface area contributed by atoms with Crippen LogP contribution in [0.4, 0.5) is 4.79 Å². The molecule has 1 fully saturated rings. The lowest BCUT2D eigenvalue weighted by Gasteiger charge is -2.15. The van der Waals surface area contributed by atoms with E-state index in [2.05, 4.69) is 10.6 Å². The summed E-state index contributed by atoms with van der Waals surface area (Å²) in [7, 11) is 0. The summed E-state index contributed by atoms with van der Waals surface area (Å²) in [6.07, 6.45) is 1.76. The molecule has 108 valence electrons. The van der Waals surface area contributed by atoms with Crippen molar-refractivity contribution in [3.63, 3.8) is 0 Å². The number of hydrogen-bond acceptors (Lipinski definition) is 4. The van der Waals surface area contributed by atoms with Gasteiger partial charge in [0.15, 0.2) is 0 Å². The highest BCUT2D eigenvalue weighted by molar-refractivity contribution is 8.00. The summed E-state index contributed by atoms with van der Waals surface area (Å²) in [6, 6.07) is -1.74. The summed E-state index contributed by atoms with van der Waals surface area (Å²) < 4.78 is 0. The highest BCUT2D eigenvalue weighted by Crippen LogP contribution is 2.25. The Hall–Kier alpha value is -1.44. The molecule has 1 saturated heterocycles. The largest absolute Gasteiger partial charge is 0.481 e. The number of rotatable bonds is 7. The molecule has 19 heavy (non-hydrogen) atoms. The predicted octanol–water partition coefficient (Wildman–Crippen LogP) is 0.499. The fourth-order valence-corrected chi connectivity index (χ4v) is 2.95. The molecule has 7 nitrogen and oxygen atoms in total. The molecular formula is C11H18N2O5S. The Labute approximate surface area is 115 Å². The van der Waals surface area contributed by atoms with Gasteiger partial charge in [0, 0.05) is 18.2 Å². The van der Waals surface area contributed by atoms with Crippen LogP contribution >= 0.6 is 11.8 Å². The monoisotopic (exact) mass is 290 g/mol. The first-order chi connectivity index (χ1) is 8.99. The lowest BCUT2D eigenvalue weighted by atomic mass is 10.1. The maximum Gasteiger partial charge on any atom is 0.326 e. The van der Waals surface area contributed by atoms with E-state index in [1.54, 1.807) is 11.8 Å². The molecule has 2 atom stereocenters. The van der Waals surface area contributed by atoms with Crippen molar-refractivity contribution in [2.75, 3.05) is 12.3 Å². The van der Waals surface area contributed by atoms with Crippen LogP contribution in [0.2, 0.25) is 0 Å². The second-order valence-electron chi connectivity index (χ2n) is 4.31. The summed E-state index contributed by atoms with van der Waals surface area (Å²) >= 11 is 1.79. The smallest absolute Gasteiger partial charge is 0.326 e. The summed E-state index contributed by atoms with van der Waals surface area (Å²) in [6.45, 7) is 0.502. The zero-order valence-electron chi connectivity index (χ0n) is 10.4. The van der Waals surface area contributed by atoms with E-state index in [0.29, 0.717) is 11.8 Å². The molecule has 0 aromatic heterocycles. The minimum Gasteiger partial charge on any atom is -0.481 e. The van der Waals surface area contributed by atoms with E-state index in [-0.39, 0.29) is 12.8 Å². The molecule has 0 aromatic carbocycles. The van der Waals surface area contributed by atoms with Gasteiger partial charge in [-0.1, -0.05) is 0 Å². The second-order valence-corrected chi connectivity index (χ2v) is 5.72. The van der Waals surface area contributed by atoms with Gasteiger partial charge in [-0.15, -0.1) is 0 Å². The summed E-state index contributed by atoms with van der Waals surface area (Å²) in [5, 5.41) is 22.6. The Balaban J connectivity index is 2.29. The predicted molar refractivity (Wildman–Crippen MR) is 70.3 cm³/mol. The second kappa shape index (κ2) is 7.88. The third-order valence-electron chi connectivity index (χ3n) is 2.76. The Kier molecular flexibility index (Phi) is 6.48. The number of thioether (sulfide) groups is 1. The normalized spacial score (nSPS) is 19.7. The quantitative estimate of drug-likeness (QED) is 0.542. The van der Waals surface area contributed by atoms with E-state index >= 15 is 0 Å². The molecule has 4 N–H and O–H groups in total. The highest BCUT2D eigenvalue weighted by Gasteiger charge is 2.22. The molecule has 1 aliphatic heterocycles. The number of hydrogen-bond donors (Lipinski definition) is 4. The zero-order chi connectivity index (χ0) is 14.3. The van der Waals surface area contributed by atoms with Crippen LogP contribution in [-0.2, 0) is 9.59 Å². The molecule has 0 spiro atoms. The minimum absolute atomic E-state index is 0.129. The third-order valence-corrected chi connectivity index (χ3v) is 4.16. The van der Waals surface area contributed by atoms with Crippen LogP contribution in [0.3, 0.4) is 0 Å². The van der Waals surface area contributed by atoms with Crippen LogP contribution in [0, 0.1) is 0 Å². The van der Waals surface area contributed by atoms with E-state index in [9.17, 15) is 14.4 Å². The van der Waals surface area contributed by atoms with Crippen molar-refractivity contribution >= 4 is 29.7 Å². The van der Waals surface area contributed by atoms with Gasteiger partial charge in [0.1, 0.15) is 6.04 Å². The number of urea groups is 1. The first kappa shape index (κ1) is 15.6. The molecule has 0 aliphatic carbocycles. The molecule has 1 heterocycles. The summed E-state index contributed by atoms with van der Waals surface area (Å²) in [5.41, 5.74) is 0. The van der Waals surface area contributed by atoms with Gasteiger partial charge in [0.25, 0.3) is 0 Å². The van der Waals surface area contributed by atoms with Crippen molar-refractivity contribution in [2.45, 2.75) is 37.0 Å². The van der Waals surface area contributed by atoms with Crippen LogP contribution in [0.5, 0.6) is 0 Å². The molecule has 2 amide bonds. The molecule has 0 saturated carbocycles. The van der Waals surface area contributed by atoms with E-state index in [4.69, 9.17) is 10.2 Å². The number of aliphatic carboxylic acids is 2. The van der Waals surface area contributed by atoms with Crippen molar-refractivity contribution in [2.24, 2.45) is 0 Å². The molecule has 1 unspecified atom stereocenters. The molecular weight excluding hydrogens is 272 g/mol. The van der Waals surface area contributed by atoms with Crippen molar-refractivity contribution in [3.8, 4) is 0 Å². The topological polar surface area (TPSA) is 116 Å². The van der Waals surface area contributed by atoms with Gasteiger partial charge >= 0.3 is 18.0 Å². The maximum atomic E-state index is 11.5. The first-order valence-electron chi connectivity index (χ1n) is 6.09. The van der Waals surface area contributed by atoms with Crippen LogP contribution < -0.4 is 10.6 Å². The summed E-state index contributed by atoms with van der Waals surface area (Å²) in [4.78, 5) is 32.8. The van der Waals surface area contributed by atoms with Crippen molar-refractivity contribution in [1.82, 2.24) is 10.6 Å². The number of carboxylic acid groups (broad SMARTS) is 2. The van der Waals surface area contributed by atoms with Gasteiger partial charge in [-0.2, -0.15) is 11.8 Å². The molecule has 0 aromatic rings. The van der Waals surface area contributed by atoms with Crippen LogP contribution in [0.15, 0.2) is 0 Å². The summed E-state index contributed by atoms with van der Waals surface area (Å²) in [5.74, 6) is -1.23. The Morgan fingerprint density at radius 3 is 2.58 bits per heavy atom. The SMILES string of the molecule is O=C(O)CC[C@H](NC(=O)NCC1CCCS1)C(=O)O. The Morgan fingerprint density at radius 1 is 1.32 bits per heavy atom. The van der Waals surface area contributed by atoms with Gasteiger partial charge in [-0.25, -0.2) is 9.59 Å². The van der Waals surface area contributed by atoms with E-state index in [1.807, 2.05) is 0 Å². The van der Waals surface area contributed by atoms with Gasteiger partial charge in [0.2, 0.25) is 0 Å². The molecule has 8 heteroatoms. The maximum absolute atomic E-state index is 11.5. The fourth-order valence-electron chi connectivity index (χ4n) is 1.75. The van der Waals surface area contributed by atoms with Crippen molar-refractivity contribution in [1.29, 1.82) is 0 Å². The van der Waals surface area contributed by atoms with Gasteiger partial charge in [-0.05, 0) is 25.0 Å². The lowest BCUT2D eigenvalue weighted by Crippen LogP contribution is -2.47. The molecule has 1 rings (SSSR count). The zero-order valence-corrected chi connectivity index (χ0v) is 11.2. The first-order valence-corrected chi connectivity index (χ1v) is 7.14. The van der Waals surface area contributed by atoms with E-state index in [0.717, 1.165) is 18.6 Å². The standard InChI is InChI=1S/C11H18N2O5S/c14-9(15)4-3-8(10(16)17)13-11(18)12-6-7-2-1-5-19-7/h7-8H,1-6H2,(H,14,15)(H,16,17)(H2,12,13,18)/t7?,8-/m0/s1. The number of amides is 2. The minimum atomic E-state index is -1.23. The molecule has 0 bridgehead atoms. The number of carbonyl (C=O) groups excluding carboxylic acids is 1. The Morgan fingerprint density at radius 2 is 2.05 bits per heavy atom. The van der Waals surface area contributed by atoms with E-state index < -0.39 is 24.0 Å². The van der Waals surface area contributed by atoms with Crippen LogP contribution in [-0.4, -0.2) is 51.8 Å². The average molecular weight is 290 g/mol. The number of carbonyl (C=O) groups is 3. The van der Waals surface area contributed by atoms with Gasteiger partial charge in [-0.3, -0.25) is 4.79 Å². The molecule has 1 aliphatic rings. The number of nitrogens with one attached hydrogen (secondary N) is 2. The highest BCUT2D eigenvalue weighted by atomic mass is 32.2. The third kappa shape index (κ3) is 6.32. The van der Waals surface area contributed by atoms with E-state index in [1.165, 1.54) is 0 Å². The average Bonchev–Trinajstić information content (AvgIpc) is 2.84. The van der Waals surface area contributed by atoms with Crippen LogP contribution in [0.25, 0.3) is 0 Å². The van der Waals surface area contributed by atoms with Crippen LogP contribution in [0.1, 0.15) is 25.7 Å². The van der Waals surface area contributed by atoms with Crippen molar-refractivity contribution in [3.05, 3.63) is 0 Å². The van der Waals surface area contributed by atoms with Gasteiger partial charge in [0.05, 0.1) is 0 Å². The molecule has 0 radical (unpaired) electrons. The Bertz CT molecular complexity index is 344. The fraction of sp³-hybridized carbons (Fsp3) is 0.727. The van der Waals surface area contributed by atoms with Gasteiger partial charge < -0.3 is 20.8 Å². The number of carboxylic acids is 2.